The van der Waals surface area contributed by atoms with Crippen molar-refractivity contribution in [3.05, 3.63) is 53.6 Å². The molecule has 0 radical (unpaired) electrons. The molecule has 2 aromatic rings. The third-order valence-corrected chi connectivity index (χ3v) is 7.87. The first-order valence-electron chi connectivity index (χ1n) is 8.70. The van der Waals surface area contributed by atoms with Crippen LogP contribution in [0.3, 0.4) is 0 Å². The minimum absolute atomic E-state index is 0.171. The molecule has 1 heterocycles. The Morgan fingerprint density at radius 2 is 1.74 bits per heavy atom. The highest BCUT2D eigenvalue weighted by molar-refractivity contribution is 8.00. The topological polar surface area (TPSA) is 66.5 Å². The summed E-state index contributed by atoms with van der Waals surface area (Å²) in [6.45, 7) is 2.94. The molecule has 1 aliphatic rings. The molecule has 1 aliphatic heterocycles. The second-order valence-electron chi connectivity index (χ2n) is 6.32. The first-order valence-corrected chi connectivity index (χ1v) is 11.4. The quantitative estimate of drug-likeness (QED) is 0.704. The van der Waals surface area contributed by atoms with Gasteiger partial charge in [0.05, 0.1) is 15.2 Å². The van der Waals surface area contributed by atoms with Crippen LogP contribution in [0.2, 0.25) is 5.02 Å². The molecule has 1 saturated heterocycles. The fourth-order valence-corrected chi connectivity index (χ4v) is 5.49. The summed E-state index contributed by atoms with van der Waals surface area (Å²) in [5.41, 5.74) is 0.562. The van der Waals surface area contributed by atoms with Crippen molar-refractivity contribution >= 4 is 45.0 Å². The highest BCUT2D eigenvalue weighted by atomic mass is 35.5. The lowest BCUT2D eigenvalue weighted by atomic mass is 10.3. The Bertz CT molecular complexity index is 911. The van der Waals surface area contributed by atoms with Crippen molar-refractivity contribution in [1.82, 2.24) is 4.31 Å². The van der Waals surface area contributed by atoms with Gasteiger partial charge in [-0.2, -0.15) is 4.31 Å². The fraction of sp³-hybridized carbons (Fsp3) is 0.316. The van der Waals surface area contributed by atoms with Crippen LogP contribution in [0.15, 0.2) is 58.3 Å². The van der Waals surface area contributed by atoms with E-state index in [4.69, 9.17) is 11.6 Å². The van der Waals surface area contributed by atoms with Crippen molar-refractivity contribution in [1.29, 1.82) is 0 Å². The molecule has 8 heteroatoms. The number of nitrogens with one attached hydrogen (secondary N) is 1. The van der Waals surface area contributed by atoms with Gasteiger partial charge in [-0.3, -0.25) is 4.79 Å². The minimum Gasteiger partial charge on any atom is -0.325 e. The number of sulfonamides is 1. The highest BCUT2D eigenvalue weighted by Gasteiger charge is 2.27. The van der Waals surface area contributed by atoms with E-state index in [-0.39, 0.29) is 16.1 Å². The van der Waals surface area contributed by atoms with Gasteiger partial charge in [-0.25, -0.2) is 8.42 Å². The average Bonchev–Trinajstić information content (AvgIpc) is 3.19. The van der Waals surface area contributed by atoms with Crippen LogP contribution in [0, 0.1) is 0 Å². The van der Waals surface area contributed by atoms with Crippen molar-refractivity contribution in [2.45, 2.75) is 34.8 Å². The van der Waals surface area contributed by atoms with Crippen LogP contribution in [-0.2, 0) is 14.8 Å². The van der Waals surface area contributed by atoms with E-state index < -0.39 is 10.0 Å². The molecule has 27 heavy (non-hydrogen) atoms. The largest absolute Gasteiger partial charge is 0.325 e. The zero-order valence-electron chi connectivity index (χ0n) is 14.9. The summed E-state index contributed by atoms with van der Waals surface area (Å²) in [5.74, 6) is -0.171. The Morgan fingerprint density at radius 3 is 2.37 bits per heavy atom. The van der Waals surface area contributed by atoms with E-state index in [9.17, 15) is 13.2 Å². The molecule has 1 amide bonds. The summed E-state index contributed by atoms with van der Waals surface area (Å²) in [4.78, 5) is 13.5. The fourth-order valence-electron chi connectivity index (χ4n) is 2.82. The number of hydrogen-bond acceptors (Lipinski definition) is 4. The predicted molar refractivity (Wildman–Crippen MR) is 110 cm³/mol. The molecule has 1 fully saturated rings. The number of nitrogens with zero attached hydrogens (tertiary/aromatic N) is 1. The van der Waals surface area contributed by atoms with E-state index in [0.29, 0.717) is 23.8 Å². The molecular weight excluding hydrogens is 404 g/mol. The molecule has 1 atom stereocenters. The average molecular weight is 425 g/mol. The zero-order valence-corrected chi connectivity index (χ0v) is 17.3. The van der Waals surface area contributed by atoms with E-state index in [1.807, 2.05) is 18.2 Å². The smallest absolute Gasteiger partial charge is 0.243 e. The minimum atomic E-state index is -3.44. The van der Waals surface area contributed by atoms with Crippen molar-refractivity contribution in [2.24, 2.45) is 0 Å². The van der Waals surface area contributed by atoms with Crippen LogP contribution in [0.4, 0.5) is 5.69 Å². The summed E-state index contributed by atoms with van der Waals surface area (Å²) in [6, 6.07) is 13.7. The maximum absolute atomic E-state index is 12.5. The number of benzene rings is 2. The Morgan fingerprint density at radius 1 is 1.11 bits per heavy atom. The molecule has 144 valence electrons. The summed E-state index contributed by atoms with van der Waals surface area (Å²) in [6.07, 6.45) is 1.79. The van der Waals surface area contributed by atoms with Crippen LogP contribution in [0.25, 0.3) is 0 Å². The van der Waals surface area contributed by atoms with Crippen LogP contribution >= 0.6 is 23.4 Å². The summed E-state index contributed by atoms with van der Waals surface area (Å²) < 4.78 is 26.6. The van der Waals surface area contributed by atoms with Gasteiger partial charge >= 0.3 is 0 Å². The maximum Gasteiger partial charge on any atom is 0.243 e. The first kappa shape index (κ1) is 20.2. The third-order valence-electron chi connectivity index (χ3n) is 4.33. The zero-order chi connectivity index (χ0) is 19.4. The summed E-state index contributed by atoms with van der Waals surface area (Å²) >= 11 is 7.51. The summed E-state index contributed by atoms with van der Waals surface area (Å²) in [7, 11) is -3.44. The SMILES string of the molecule is C[C@@H](Sc1ccccc1Cl)C(=O)Nc1ccc(S(=O)(=O)N2CCCC2)cc1. The normalized spacial score (nSPS) is 16.2. The maximum atomic E-state index is 12.5. The van der Waals surface area contributed by atoms with Gasteiger partial charge < -0.3 is 5.32 Å². The molecule has 0 aliphatic carbocycles. The van der Waals surface area contributed by atoms with Crippen molar-refractivity contribution < 1.29 is 13.2 Å². The number of rotatable bonds is 6. The molecule has 5 nitrogen and oxygen atoms in total. The summed E-state index contributed by atoms with van der Waals surface area (Å²) in [5, 5.41) is 3.08. The Labute approximate surface area is 169 Å². The number of halogens is 1. The van der Waals surface area contributed by atoms with E-state index in [1.54, 1.807) is 25.1 Å². The molecular formula is C19H21ClN2O3S2. The van der Waals surface area contributed by atoms with Crippen LogP contribution in [-0.4, -0.2) is 37.0 Å². The van der Waals surface area contributed by atoms with Gasteiger partial charge in [0.2, 0.25) is 15.9 Å². The number of amides is 1. The molecule has 0 saturated carbocycles. The predicted octanol–water partition coefficient (Wildman–Crippen LogP) is 4.24. The lowest BCUT2D eigenvalue weighted by Gasteiger charge is -2.16. The molecule has 2 aromatic carbocycles. The Hall–Kier alpha value is -1.54. The van der Waals surface area contributed by atoms with Gasteiger partial charge in [0.15, 0.2) is 0 Å². The van der Waals surface area contributed by atoms with Crippen LogP contribution in [0.5, 0.6) is 0 Å². The second kappa shape index (κ2) is 8.65. The highest BCUT2D eigenvalue weighted by Crippen LogP contribution is 2.30. The van der Waals surface area contributed by atoms with Gasteiger partial charge in [0, 0.05) is 23.7 Å². The number of thioether (sulfide) groups is 1. The van der Waals surface area contributed by atoms with Gasteiger partial charge in [-0.15, -0.1) is 11.8 Å². The van der Waals surface area contributed by atoms with E-state index in [2.05, 4.69) is 5.32 Å². The molecule has 0 aromatic heterocycles. The number of hydrogen-bond donors (Lipinski definition) is 1. The standard InChI is InChI=1S/C19H21ClN2O3S2/c1-14(26-18-7-3-2-6-17(18)20)19(23)21-15-8-10-16(11-9-15)27(24,25)22-12-4-5-13-22/h2-3,6-11,14H,4-5,12-13H2,1H3,(H,21,23)/t14-/m1/s1. The van der Waals surface area contributed by atoms with Gasteiger partial charge in [-0.1, -0.05) is 23.7 Å². The Balaban J connectivity index is 1.64. The molecule has 1 N–H and O–H groups in total. The van der Waals surface area contributed by atoms with E-state index in [0.717, 1.165) is 17.7 Å². The van der Waals surface area contributed by atoms with Crippen molar-refractivity contribution in [2.75, 3.05) is 18.4 Å². The van der Waals surface area contributed by atoms with E-state index >= 15 is 0 Å². The number of carbonyl (C=O) groups excluding carboxylic acids is 1. The number of anilines is 1. The first-order chi connectivity index (χ1) is 12.9. The Kier molecular flexibility index (Phi) is 6.47. The number of carbonyl (C=O) groups is 1. The van der Waals surface area contributed by atoms with E-state index in [1.165, 1.54) is 28.2 Å². The molecule has 3 rings (SSSR count). The van der Waals surface area contributed by atoms with Crippen LogP contribution in [0.1, 0.15) is 19.8 Å². The van der Waals surface area contributed by atoms with Crippen molar-refractivity contribution in [3.8, 4) is 0 Å². The van der Waals surface area contributed by atoms with Crippen molar-refractivity contribution in [3.63, 3.8) is 0 Å². The molecule has 0 bridgehead atoms. The van der Waals surface area contributed by atoms with Crippen LogP contribution < -0.4 is 5.32 Å². The lowest BCUT2D eigenvalue weighted by molar-refractivity contribution is -0.115. The second-order valence-corrected chi connectivity index (χ2v) is 10.0. The third kappa shape index (κ3) is 4.85. The lowest BCUT2D eigenvalue weighted by Crippen LogP contribution is -2.27. The molecule has 0 unspecified atom stereocenters. The van der Waals surface area contributed by atoms with Gasteiger partial charge in [-0.05, 0) is 56.2 Å². The van der Waals surface area contributed by atoms with Gasteiger partial charge in [0.25, 0.3) is 0 Å². The monoisotopic (exact) mass is 424 g/mol. The van der Waals surface area contributed by atoms with Gasteiger partial charge in [0.1, 0.15) is 0 Å². The molecule has 0 spiro atoms.